The van der Waals surface area contributed by atoms with E-state index < -0.39 is 0 Å². The lowest BCUT2D eigenvalue weighted by atomic mass is 10.1. The monoisotopic (exact) mass is 337 g/mol. The SMILES string of the molecule is CC(=O)Nc1cccc(C2=C[C@H](c3cccs3)n3ncnc3N2)c1. The van der Waals surface area contributed by atoms with Crippen molar-refractivity contribution in [1.29, 1.82) is 0 Å². The highest BCUT2D eigenvalue weighted by atomic mass is 32.1. The molecule has 3 heterocycles. The van der Waals surface area contributed by atoms with E-state index in [9.17, 15) is 4.79 Å². The van der Waals surface area contributed by atoms with Crippen molar-refractivity contribution in [2.24, 2.45) is 0 Å². The Bertz CT molecular complexity index is 913. The predicted octanol–water partition coefficient (Wildman–Crippen LogP) is 3.35. The van der Waals surface area contributed by atoms with Crippen molar-refractivity contribution in [3.05, 3.63) is 64.6 Å². The van der Waals surface area contributed by atoms with Gasteiger partial charge < -0.3 is 10.6 Å². The summed E-state index contributed by atoms with van der Waals surface area (Å²) >= 11 is 1.69. The molecule has 1 aromatic carbocycles. The van der Waals surface area contributed by atoms with E-state index in [2.05, 4.69) is 38.2 Å². The van der Waals surface area contributed by atoms with Gasteiger partial charge in [0.25, 0.3) is 0 Å². The zero-order chi connectivity index (χ0) is 16.5. The van der Waals surface area contributed by atoms with Gasteiger partial charge in [0, 0.05) is 23.2 Å². The van der Waals surface area contributed by atoms with Gasteiger partial charge in [0.15, 0.2) is 0 Å². The summed E-state index contributed by atoms with van der Waals surface area (Å²) in [5, 5.41) is 12.5. The van der Waals surface area contributed by atoms with E-state index >= 15 is 0 Å². The molecule has 120 valence electrons. The number of fused-ring (bicyclic) bond motifs is 1. The van der Waals surface area contributed by atoms with Gasteiger partial charge in [0.1, 0.15) is 12.4 Å². The summed E-state index contributed by atoms with van der Waals surface area (Å²) in [6.07, 6.45) is 3.67. The second kappa shape index (κ2) is 5.93. The van der Waals surface area contributed by atoms with Crippen LogP contribution >= 0.6 is 11.3 Å². The number of carbonyl (C=O) groups is 1. The van der Waals surface area contributed by atoms with Crippen molar-refractivity contribution < 1.29 is 4.79 Å². The average Bonchev–Trinajstić information content (AvgIpc) is 3.25. The minimum absolute atomic E-state index is 0.00294. The van der Waals surface area contributed by atoms with E-state index in [1.165, 1.54) is 11.8 Å². The fraction of sp³-hybridized carbons (Fsp3) is 0.118. The Labute approximate surface area is 142 Å². The second-order valence-electron chi connectivity index (χ2n) is 5.46. The molecular formula is C17H15N5OS. The molecule has 1 amide bonds. The first-order valence-electron chi connectivity index (χ1n) is 7.50. The molecule has 2 aromatic heterocycles. The van der Waals surface area contributed by atoms with Crippen LogP contribution in [0.1, 0.15) is 23.4 Å². The molecule has 0 radical (unpaired) electrons. The largest absolute Gasteiger partial charge is 0.326 e. The van der Waals surface area contributed by atoms with Crippen LogP contribution in [0.15, 0.2) is 54.2 Å². The molecule has 0 fully saturated rings. The summed E-state index contributed by atoms with van der Waals surface area (Å²) in [7, 11) is 0. The van der Waals surface area contributed by atoms with Gasteiger partial charge in [-0.25, -0.2) is 4.68 Å². The zero-order valence-corrected chi connectivity index (χ0v) is 13.7. The van der Waals surface area contributed by atoms with Gasteiger partial charge >= 0.3 is 0 Å². The fourth-order valence-electron chi connectivity index (χ4n) is 2.73. The molecule has 1 aliphatic heterocycles. The van der Waals surface area contributed by atoms with Crippen molar-refractivity contribution in [2.75, 3.05) is 10.6 Å². The smallest absolute Gasteiger partial charge is 0.226 e. The van der Waals surface area contributed by atoms with Crippen molar-refractivity contribution in [3.8, 4) is 0 Å². The molecular weight excluding hydrogens is 322 g/mol. The summed E-state index contributed by atoms with van der Waals surface area (Å²) in [4.78, 5) is 16.8. The highest BCUT2D eigenvalue weighted by Gasteiger charge is 2.24. The van der Waals surface area contributed by atoms with Gasteiger partial charge in [-0.2, -0.15) is 10.1 Å². The topological polar surface area (TPSA) is 71.8 Å². The molecule has 1 atom stereocenters. The maximum atomic E-state index is 11.3. The Kier molecular flexibility index (Phi) is 3.62. The minimum Gasteiger partial charge on any atom is -0.326 e. The van der Waals surface area contributed by atoms with Crippen molar-refractivity contribution in [3.63, 3.8) is 0 Å². The van der Waals surface area contributed by atoms with E-state index in [1.54, 1.807) is 17.7 Å². The van der Waals surface area contributed by atoms with E-state index in [4.69, 9.17) is 0 Å². The first-order chi connectivity index (χ1) is 11.7. The van der Waals surface area contributed by atoms with Crippen molar-refractivity contribution >= 4 is 34.6 Å². The number of anilines is 2. The van der Waals surface area contributed by atoms with Gasteiger partial charge in [0.05, 0.1) is 0 Å². The second-order valence-corrected chi connectivity index (χ2v) is 6.44. The molecule has 7 heteroatoms. The number of thiophene rings is 1. The van der Waals surface area contributed by atoms with Gasteiger partial charge in [-0.15, -0.1) is 11.3 Å². The van der Waals surface area contributed by atoms with E-state index in [1.807, 2.05) is 35.0 Å². The van der Waals surface area contributed by atoms with Gasteiger partial charge in [-0.3, -0.25) is 4.79 Å². The zero-order valence-electron chi connectivity index (χ0n) is 12.9. The lowest BCUT2D eigenvalue weighted by Gasteiger charge is -2.23. The summed E-state index contributed by atoms with van der Waals surface area (Å²) in [5.41, 5.74) is 2.69. The lowest BCUT2D eigenvalue weighted by molar-refractivity contribution is -0.114. The quantitative estimate of drug-likeness (QED) is 0.769. The van der Waals surface area contributed by atoms with Crippen molar-refractivity contribution in [2.45, 2.75) is 13.0 Å². The molecule has 1 aliphatic rings. The van der Waals surface area contributed by atoms with Crippen LogP contribution in [0.2, 0.25) is 0 Å². The van der Waals surface area contributed by atoms with Gasteiger partial charge in [-0.05, 0) is 35.2 Å². The summed E-state index contributed by atoms with van der Waals surface area (Å²) in [5.74, 6) is 0.616. The molecule has 6 nitrogen and oxygen atoms in total. The first-order valence-corrected chi connectivity index (χ1v) is 8.38. The molecule has 4 rings (SSSR count). The Morgan fingerprint density at radius 1 is 1.33 bits per heavy atom. The van der Waals surface area contributed by atoms with Crippen molar-refractivity contribution in [1.82, 2.24) is 14.8 Å². The minimum atomic E-state index is -0.0889. The third-order valence-electron chi connectivity index (χ3n) is 3.74. The van der Waals surface area contributed by atoms with Crippen LogP contribution in [0.5, 0.6) is 0 Å². The third-order valence-corrected chi connectivity index (χ3v) is 4.68. The Balaban J connectivity index is 1.74. The Morgan fingerprint density at radius 3 is 3.04 bits per heavy atom. The number of allylic oxidation sites excluding steroid dienone is 1. The third kappa shape index (κ3) is 2.69. The number of aromatic nitrogens is 3. The van der Waals surface area contributed by atoms with Gasteiger partial charge in [0.2, 0.25) is 11.9 Å². The molecule has 0 aliphatic carbocycles. The summed E-state index contributed by atoms with van der Waals surface area (Å²) < 4.78 is 1.87. The lowest BCUT2D eigenvalue weighted by Crippen LogP contribution is -2.19. The summed E-state index contributed by atoms with van der Waals surface area (Å²) in [6, 6.07) is 11.9. The number of hydrogen-bond acceptors (Lipinski definition) is 5. The van der Waals surface area contributed by atoms with Crippen LogP contribution in [-0.2, 0) is 4.79 Å². The van der Waals surface area contributed by atoms with E-state index in [0.29, 0.717) is 5.95 Å². The maximum Gasteiger partial charge on any atom is 0.226 e. The molecule has 24 heavy (non-hydrogen) atoms. The van der Waals surface area contributed by atoms with E-state index in [-0.39, 0.29) is 11.9 Å². The number of nitrogens with one attached hydrogen (secondary N) is 2. The molecule has 3 aromatic rings. The Morgan fingerprint density at radius 2 is 2.25 bits per heavy atom. The van der Waals surface area contributed by atoms with Crippen LogP contribution in [0.3, 0.4) is 0 Å². The first kappa shape index (κ1) is 14.6. The molecule has 0 saturated heterocycles. The number of rotatable bonds is 3. The van der Waals surface area contributed by atoms with Crippen LogP contribution in [0.25, 0.3) is 5.70 Å². The number of amides is 1. The van der Waals surface area contributed by atoms with Gasteiger partial charge in [-0.1, -0.05) is 18.2 Å². The highest BCUT2D eigenvalue weighted by Crippen LogP contribution is 2.34. The summed E-state index contributed by atoms with van der Waals surface area (Å²) in [6.45, 7) is 1.50. The van der Waals surface area contributed by atoms with Crippen LogP contribution in [0.4, 0.5) is 11.6 Å². The van der Waals surface area contributed by atoms with Crippen LogP contribution in [0, 0.1) is 0 Å². The molecule has 2 N–H and O–H groups in total. The van der Waals surface area contributed by atoms with Crippen LogP contribution < -0.4 is 10.6 Å². The Hall–Kier alpha value is -2.93. The molecule has 0 unspecified atom stereocenters. The number of carbonyl (C=O) groups excluding carboxylic acids is 1. The molecule has 0 spiro atoms. The van der Waals surface area contributed by atoms with E-state index in [0.717, 1.165) is 16.9 Å². The maximum absolute atomic E-state index is 11.3. The fourth-order valence-corrected chi connectivity index (χ4v) is 3.51. The predicted molar refractivity (Wildman–Crippen MR) is 94.8 cm³/mol. The standard InChI is InChI=1S/C17H15N5OS/c1-11(23)20-13-5-2-4-12(8-13)14-9-15(16-6-3-7-24-16)22-17(21-14)18-10-19-22/h2-10,15H,1H3,(H,20,23)(H,18,19,21)/t15-/m1/s1. The highest BCUT2D eigenvalue weighted by molar-refractivity contribution is 7.10. The average molecular weight is 337 g/mol. The number of benzene rings is 1. The number of nitrogens with zero attached hydrogens (tertiary/aromatic N) is 3. The number of hydrogen-bond donors (Lipinski definition) is 2. The normalized spacial score (nSPS) is 16.0. The van der Waals surface area contributed by atoms with Crippen LogP contribution in [-0.4, -0.2) is 20.7 Å². The molecule has 0 bridgehead atoms. The molecule has 0 saturated carbocycles.